The van der Waals surface area contributed by atoms with Crippen molar-refractivity contribution in [3.05, 3.63) is 88.7 Å². The van der Waals surface area contributed by atoms with Gasteiger partial charge >= 0.3 is 0 Å². The molecule has 0 saturated carbocycles. The van der Waals surface area contributed by atoms with Crippen LogP contribution in [0.3, 0.4) is 0 Å². The average molecular weight is 473 g/mol. The number of carbonyl (C=O) groups excluding carboxylic acids is 1. The maximum absolute atomic E-state index is 14.4. The van der Waals surface area contributed by atoms with Gasteiger partial charge in [0, 0.05) is 10.7 Å². The van der Waals surface area contributed by atoms with Crippen LogP contribution in [0, 0.1) is 5.82 Å². The first-order valence-corrected chi connectivity index (χ1v) is 10.9. The Kier molecular flexibility index (Phi) is 6.56. The van der Waals surface area contributed by atoms with Gasteiger partial charge in [-0.3, -0.25) is 9.36 Å². The largest absolute Gasteiger partial charge is 0.324 e. The lowest BCUT2D eigenvalue weighted by molar-refractivity contribution is -0.113. The van der Waals surface area contributed by atoms with Gasteiger partial charge in [0.15, 0.2) is 11.0 Å². The molecule has 31 heavy (non-hydrogen) atoms. The molecule has 0 radical (unpaired) electrons. The quantitative estimate of drug-likeness (QED) is 0.343. The van der Waals surface area contributed by atoms with Crippen LogP contribution in [-0.4, -0.2) is 26.4 Å². The Morgan fingerprint density at radius 2 is 1.74 bits per heavy atom. The molecule has 1 N–H and O–H groups in total. The van der Waals surface area contributed by atoms with E-state index in [9.17, 15) is 9.18 Å². The Balaban J connectivity index is 1.61. The van der Waals surface area contributed by atoms with E-state index >= 15 is 0 Å². The highest BCUT2D eigenvalue weighted by Gasteiger charge is 2.19. The highest BCUT2D eigenvalue weighted by molar-refractivity contribution is 7.99. The zero-order valence-corrected chi connectivity index (χ0v) is 18.3. The summed E-state index contributed by atoms with van der Waals surface area (Å²) < 4.78 is 16.2. The Morgan fingerprint density at radius 3 is 2.52 bits per heavy atom. The number of hydrogen-bond donors (Lipinski definition) is 1. The third-order valence-corrected chi connectivity index (χ3v) is 5.79. The van der Waals surface area contributed by atoms with Crippen molar-refractivity contribution in [1.29, 1.82) is 0 Å². The molecule has 0 unspecified atom stereocenters. The lowest BCUT2D eigenvalue weighted by Gasteiger charge is -2.11. The first kappa shape index (κ1) is 21.4. The third-order valence-electron chi connectivity index (χ3n) is 4.30. The summed E-state index contributed by atoms with van der Waals surface area (Å²) >= 11 is 13.3. The minimum absolute atomic E-state index is 0.0467. The predicted octanol–water partition coefficient (Wildman–Crippen LogP) is 6.11. The number of benzene rings is 3. The molecule has 0 fully saturated rings. The number of para-hydroxylation sites is 1. The van der Waals surface area contributed by atoms with Gasteiger partial charge in [0.25, 0.3) is 0 Å². The highest BCUT2D eigenvalue weighted by Crippen LogP contribution is 2.30. The van der Waals surface area contributed by atoms with Crippen LogP contribution in [0.2, 0.25) is 10.0 Å². The number of halogens is 3. The molecular weight excluding hydrogens is 458 g/mol. The number of carbonyl (C=O) groups is 1. The van der Waals surface area contributed by atoms with E-state index in [-0.39, 0.29) is 11.7 Å². The predicted molar refractivity (Wildman–Crippen MR) is 123 cm³/mol. The molecule has 0 aliphatic heterocycles. The number of amides is 1. The van der Waals surface area contributed by atoms with Gasteiger partial charge < -0.3 is 5.32 Å². The van der Waals surface area contributed by atoms with E-state index in [4.69, 9.17) is 23.2 Å². The monoisotopic (exact) mass is 472 g/mol. The SMILES string of the molecule is O=C(CSc1nnc(-c2ccccc2F)n1-c1ccccc1)Nc1cc(Cl)ccc1Cl. The molecule has 5 nitrogen and oxygen atoms in total. The van der Waals surface area contributed by atoms with Crippen molar-refractivity contribution >= 4 is 46.6 Å². The Bertz CT molecular complexity index is 1230. The molecule has 4 rings (SSSR count). The normalized spacial score (nSPS) is 10.8. The lowest BCUT2D eigenvalue weighted by atomic mass is 10.2. The first-order valence-electron chi connectivity index (χ1n) is 9.16. The van der Waals surface area contributed by atoms with Gasteiger partial charge in [-0.15, -0.1) is 10.2 Å². The summed E-state index contributed by atoms with van der Waals surface area (Å²) in [6, 6.07) is 20.5. The summed E-state index contributed by atoms with van der Waals surface area (Å²) in [5.41, 5.74) is 1.50. The number of anilines is 1. The molecule has 156 valence electrons. The molecule has 0 saturated heterocycles. The van der Waals surface area contributed by atoms with Crippen molar-refractivity contribution in [2.45, 2.75) is 5.16 Å². The van der Waals surface area contributed by atoms with Crippen molar-refractivity contribution < 1.29 is 9.18 Å². The molecule has 1 heterocycles. The van der Waals surface area contributed by atoms with Gasteiger partial charge in [0.1, 0.15) is 5.82 Å². The molecule has 0 atom stereocenters. The fraction of sp³-hybridized carbons (Fsp3) is 0.0455. The molecule has 0 aliphatic carbocycles. The molecule has 9 heteroatoms. The van der Waals surface area contributed by atoms with Crippen molar-refractivity contribution in [3.8, 4) is 17.1 Å². The van der Waals surface area contributed by atoms with Gasteiger partial charge in [0.2, 0.25) is 5.91 Å². The van der Waals surface area contributed by atoms with Crippen molar-refractivity contribution in [2.75, 3.05) is 11.1 Å². The van der Waals surface area contributed by atoms with Crippen LogP contribution in [-0.2, 0) is 4.79 Å². The molecule has 0 spiro atoms. The molecule has 1 aromatic heterocycles. The van der Waals surface area contributed by atoms with Crippen molar-refractivity contribution in [2.24, 2.45) is 0 Å². The van der Waals surface area contributed by atoms with E-state index in [2.05, 4.69) is 15.5 Å². The number of rotatable bonds is 6. The molecule has 4 aromatic rings. The maximum atomic E-state index is 14.4. The molecule has 0 bridgehead atoms. The smallest absolute Gasteiger partial charge is 0.234 e. The Morgan fingerprint density at radius 1 is 1.00 bits per heavy atom. The van der Waals surface area contributed by atoms with Crippen LogP contribution < -0.4 is 5.32 Å². The minimum atomic E-state index is -0.406. The summed E-state index contributed by atoms with van der Waals surface area (Å²) in [6.07, 6.45) is 0. The van der Waals surface area contributed by atoms with E-state index < -0.39 is 5.82 Å². The maximum Gasteiger partial charge on any atom is 0.234 e. The van der Waals surface area contributed by atoms with Gasteiger partial charge in [0.05, 0.1) is 22.0 Å². The fourth-order valence-corrected chi connectivity index (χ4v) is 3.99. The number of hydrogen-bond acceptors (Lipinski definition) is 4. The topological polar surface area (TPSA) is 59.8 Å². The van der Waals surface area contributed by atoms with Crippen molar-refractivity contribution in [1.82, 2.24) is 14.8 Å². The van der Waals surface area contributed by atoms with Crippen LogP contribution in [0.25, 0.3) is 17.1 Å². The molecular formula is C22H15Cl2FN4OS. The average Bonchev–Trinajstić information content (AvgIpc) is 3.19. The lowest BCUT2D eigenvalue weighted by Crippen LogP contribution is -2.15. The zero-order valence-electron chi connectivity index (χ0n) is 15.9. The van der Waals surface area contributed by atoms with Crippen LogP contribution in [0.4, 0.5) is 10.1 Å². The summed E-state index contributed by atoms with van der Waals surface area (Å²) in [4.78, 5) is 12.5. The molecule has 1 amide bonds. The first-order chi connectivity index (χ1) is 15.0. The van der Waals surface area contributed by atoms with E-state index in [1.807, 2.05) is 30.3 Å². The number of aromatic nitrogens is 3. The zero-order chi connectivity index (χ0) is 21.8. The second-order valence-corrected chi connectivity index (χ2v) is 8.20. The summed E-state index contributed by atoms with van der Waals surface area (Å²) in [6.45, 7) is 0. The number of nitrogens with zero attached hydrogens (tertiary/aromatic N) is 3. The van der Waals surface area contributed by atoms with Gasteiger partial charge in [-0.25, -0.2) is 4.39 Å². The highest BCUT2D eigenvalue weighted by atomic mass is 35.5. The summed E-state index contributed by atoms with van der Waals surface area (Å²) in [5, 5.41) is 12.4. The third kappa shape index (κ3) is 4.90. The number of thioether (sulfide) groups is 1. The summed E-state index contributed by atoms with van der Waals surface area (Å²) in [5.74, 6) is -0.295. The molecule has 3 aromatic carbocycles. The van der Waals surface area contributed by atoms with E-state index in [1.54, 1.807) is 41.0 Å². The second-order valence-electron chi connectivity index (χ2n) is 6.42. The van der Waals surface area contributed by atoms with E-state index in [1.165, 1.54) is 17.8 Å². The second kappa shape index (κ2) is 9.51. The fourth-order valence-electron chi connectivity index (χ4n) is 2.90. The Labute approximate surface area is 192 Å². The van der Waals surface area contributed by atoms with Crippen LogP contribution in [0.1, 0.15) is 0 Å². The number of nitrogens with one attached hydrogen (secondary N) is 1. The standard InChI is InChI=1S/C22H15Cl2FN4OS/c23-14-10-11-17(24)19(12-14)26-20(30)13-31-22-28-27-21(16-8-4-5-9-18(16)25)29(22)15-6-2-1-3-7-15/h1-12H,13H2,(H,26,30). The van der Waals surface area contributed by atoms with Crippen molar-refractivity contribution in [3.63, 3.8) is 0 Å². The van der Waals surface area contributed by atoms with Gasteiger partial charge in [-0.05, 0) is 42.5 Å². The van der Waals surface area contributed by atoms with Gasteiger partial charge in [-0.2, -0.15) is 0 Å². The summed E-state index contributed by atoms with van der Waals surface area (Å²) in [7, 11) is 0. The van der Waals surface area contributed by atoms with Gasteiger partial charge in [-0.1, -0.05) is 65.3 Å². The molecule has 0 aliphatic rings. The minimum Gasteiger partial charge on any atom is -0.324 e. The van der Waals surface area contributed by atoms with Crippen LogP contribution in [0.5, 0.6) is 0 Å². The van der Waals surface area contributed by atoms with Crippen LogP contribution >= 0.6 is 35.0 Å². The van der Waals surface area contributed by atoms with Crippen LogP contribution in [0.15, 0.2) is 78.0 Å². The van der Waals surface area contributed by atoms with E-state index in [0.717, 1.165) is 5.69 Å². The Hall–Kier alpha value is -2.87. The van der Waals surface area contributed by atoms with E-state index in [0.29, 0.717) is 32.3 Å².